The number of rotatable bonds is 5. The summed E-state index contributed by atoms with van der Waals surface area (Å²) in [6.07, 6.45) is 7.11. The standard InChI is InChI=1S/C16H21FO2/c1-19-16-8-7-13(11-15(16)17)10-14(18)9-12-5-3-2-4-6-12/h7-8,11-12H,2-6,9-10H2,1H3. The lowest BCUT2D eigenvalue weighted by Crippen LogP contribution is -2.13. The molecule has 1 saturated carbocycles. The Morgan fingerprint density at radius 2 is 2.05 bits per heavy atom. The van der Waals surface area contributed by atoms with Gasteiger partial charge in [-0.3, -0.25) is 4.79 Å². The molecule has 0 aliphatic heterocycles. The Morgan fingerprint density at radius 1 is 1.32 bits per heavy atom. The predicted octanol–water partition coefficient (Wildman–Crippen LogP) is 3.92. The molecular formula is C16H21FO2. The Balaban J connectivity index is 1.89. The third-order valence-corrected chi connectivity index (χ3v) is 3.86. The average Bonchev–Trinajstić information content (AvgIpc) is 2.40. The summed E-state index contributed by atoms with van der Waals surface area (Å²) in [5.41, 5.74) is 0.735. The molecule has 0 saturated heterocycles. The van der Waals surface area contributed by atoms with E-state index in [0.29, 0.717) is 18.8 Å². The van der Waals surface area contributed by atoms with Gasteiger partial charge in [-0.15, -0.1) is 0 Å². The molecule has 0 aromatic heterocycles. The monoisotopic (exact) mass is 264 g/mol. The number of carbonyl (C=O) groups is 1. The van der Waals surface area contributed by atoms with Gasteiger partial charge in [0.2, 0.25) is 0 Å². The van der Waals surface area contributed by atoms with Gasteiger partial charge in [-0.1, -0.05) is 38.2 Å². The molecule has 0 unspecified atom stereocenters. The first-order valence-electron chi connectivity index (χ1n) is 7.03. The minimum Gasteiger partial charge on any atom is -0.494 e. The van der Waals surface area contributed by atoms with Gasteiger partial charge < -0.3 is 4.74 Å². The van der Waals surface area contributed by atoms with Gasteiger partial charge in [-0.25, -0.2) is 4.39 Å². The van der Waals surface area contributed by atoms with Crippen LogP contribution in [0.25, 0.3) is 0 Å². The molecule has 1 fully saturated rings. The van der Waals surface area contributed by atoms with Crippen molar-refractivity contribution in [2.24, 2.45) is 5.92 Å². The number of hydrogen-bond donors (Lipinski definition) is 0. The molecule has 2 nitrogen and oxygen atoms in total. The largest absolute Gasteiger partial charge is 0.494 e. The molecule has 0 atom stereocenters. The molecule has 1 aromatic carbocycles. The zero-order valence-electron chi connectivity index (χ0n) is 11.5. The maximum Gasteiger partial charge on any atom is 0.165 e. The van der Waals surface area contributed by atoms with Crippen LogP contribution in [-0.2, 0) is 11.2 Å². The fourth-order valence-electron chi connectivity index (χ4n) is 2.83. The lowest BCUT2D eigenvalue weighted by Gasteiger charge is -2.20. The van der Waals surface area contributed by atoms with Crippen LogP contribution in [0.2, 0.25) is 0 Å². The Labute approximate surface area is 114 Å². The lowest BCUT2D eigenvalue weighted by molar-refractivity contribution is -0.119. The number of methoxy groups -OCH3 is 1. The molecule has 0 radical (unpaired) electrons. The molecule has 0 heterocycles. The molecular weight excluding hydrogens is 243 g/mol. The average molecular weight is 264 g/mol. The summed E-state index contributed by atoms with van der Waals surface area (Å²) in [6.45, 7) is 0. The van der Waals surface area contributed by atoms with Crippen LogP contribution in [0.5, 0.6) is 5.75 Å². The molecule has 0 spiro atoms. The number of halogens is 1. The summed E-state index contributed by atoms with van der Waals surface area (Å²) in [5, 5.41) is 0. The highest BCUT2D eigenvalue weighted by Crippen LogP contribution is 2.27. The highest BCUT2D eigenvalue weighted by Gasteiger charge is 2.17. The van der Waals surface area contributed by atoms with Gasteiger partial charge in [-0.05, 0) is 23.6 Å². The van der Waals surface area contributed by atoms with Crippen molar-refractivity contribution in [1.82, 2.24) is 0 Å². The Morgan fingerprint density at radius 3 is 2.68 bits per heavy atom. The number of benzene rings is 1. The summed E-state index contributed by atoms with van der Waals surface area (Å²) < 4.78 is 18.4. The lowest BCUT2D eigenvalue weighted by atomic mass is 9.85. The molecule has 3 heteroatoms. The van der Waals surface area contributed by atoms with Crippen LogP contribution in [0.3, 0.4) is 0 Å². The van der Waals surface area contributed by atoms with Crippen molar-refractivity contribution in [2.75, 3.05) is 7.11 Å². The quantitative estimate of drug-likeness (QED) is 0.805. The molecule has 1 aliphatic rings. The van der Waals surface area contributed by atoms with Crippen LogP contribution in [-0.4, -0.2) is 12.9 Å². The Kier molecular flexibility index (Phi) is 4.94. The highest BCUT2D eigenvalue weighted by molar-refractivity contribution is 5.81. The molecule has 0 bridgehead atoms. The van der Waals surface area contributed by atoms with Crippen LogP contribution >= 0.6 is 0 Å². The maximum absolute atomic E-state index is 13.5. The van der Waals surface area contributed by atoms with Crippen LogP contribution in [0.15, 0.2) is 18.2 Å². The fraction of sp³-hybridized carbons (Fsp3) is 0.562. The van der Waals surface area contributed by atoms with Crippen molar-refractivity contribution in [3.8, 4) is 5.75 Å². The zero-order chi connectivity index (χ0) is 13.7. The van der Waals surface area contributed by atoms with Gasteiger partial charge in [0.25, 0.3) is 0 Å². The molecule has 0 N–H and O–H groups in total. The van der Waals surface area contributed by atoms with E-state index in [4.69, 9.17) is 4.74 Å². The summed E-state index contributed by atoms with van der Waals surface area (Å²) >= 11 is 0. The van der Waals surface area contributed by atoms with Crippen molar-refractivity contribution < 1.29 is 13.9 Å². The van der Waals surface area contributed by atoms with Gasteiger partial charge in [0.15, 0.2) is 11.6 Å². The second-order valence-corrected chi connectivity index (χ2v) is 5.39. The smallest absolute Gasteiger partial charge is 0.165 e. The van der Waals surface area contributed by atoms with E-state index in [1.54, 1.807) is 12.1 Å². The summed E-state index contributed by atoms with van der Waals surface area (Å²) in [5.74, 6) is 0.592. The minimum absolute atomic E-state index is 0.219. The Hall–Kier alpha value is -1.38. The predicted molar refractivity (Wildman–Crippen MR) is 72.9 cm³/mol. The van der Waals surface area contributed by atoms with Gasteiger partial charge >= 0.3 is 0 Å². The molecule has 104 valence electrons. The molecule has 2 rings (SSSR count). The van der Waals surface area contributed by atoms with Gasteiger partial charge in [-0.2, -0.15) is 0 Å². The molecule has 0 amide bonds. The summed E-state index contributed by atoms with van der Waals surface area (Å²) in [4.78, 5) is 12.0. The maximum atomic E-state index is 13.5. The van der Waals surface area contributed by atoms with E-state index in [1.165, 1.54) is 45.3 Å². The minimum atomic E-state index is -0.398. The first kappa shape index (κ1) is 14.0. The zero-order valence-corrected chi connectivity index (χ0v) is 11.5. The fourth-order valence-corrected chi connectivity index (χ4v) is 2.83. The van der Waals surface area contributed by atoms with Gasteiger partial charge in [0.1, 0.15) is 5.78 Å². The Bertz CT molecular complexity index is 436. The van der Waals surface area contributed by atoms with E-state index in [2.05, 4.69) is 0 Å². The number of ether oxygens (including phenoxy) is 1. The van der Waals surface area contributed by atoms with Crippen LogP contribution in [0.1, 0.15) is 44.1 Å². The van der Waals surface area contributed by atoms with E-state index in [0.717, 1.165) is 5.56 Å². The number of ketones is 1. The second kappa shape index (κ2) is 6.69. The highest BCUT2D eigenvalue weighted by atomic mass is 19.1. The topological polar surface area (TPSA) is 26.3 Å². The normalized spacial score (nSPS) is 16.3. The van der Waals surface area contributed by atoms with Crippen LogP contribution in [0.4, 0.5) is 4.39 Å². The van der Waals surface area contributed by atoms with Gasteiger partial charge in [0.05, 0.1) is 7.11 Å². The second-order valence-electron chi connectivity index (χ2n) is 5.39. The van der Waals surface area contributed by atoms with E-state index in [1.807, 2.05) is 0 Å². The first-order valence-corrected chi connectivity index (χ1v) is 7.03. The van der Waals surface area contributed by atoms with Crippen molar-refractivity contribution in [3.05, 3.63) is 29.6 Å². The van der Waals surface area contributed by atoms with E-state index in [-0.39, 0.29) is 11.5 Å². The summed E-state index contributed by atoms with van der Waals surface area (Å²) in [6, 6.07) is 4.75. The van der Waals surface area contributed by atoms with E-state index in [9.17, 15) is 9.18 Å². The first-order chi connectivity index (χ1) is 9.19. The molecule has 1 aromatic rings. The third-order valence-electron chi connectivity index (χ3n) is 3.86. The SMILES string of the molecule is COc1ccc(CC(=O)CC2CCCCC2)cc1F. The van der Waals surface area contributed by atoms with Gasteiger partial charge in [0, 0.05) is 12.8 Å². The van der Waals surface area contributed by atoms with E-state index >= 15 is 0 Å². The number of hydrogen-bond acceptors (Lipinski definition) is 2. The molecule has 1 aliphatic carbocycles. The van der Waals surface area contributed by atoms with Crippen LogP contribution < -0.4 is 4.74 Å². The van der Waals surface area contributed by atoms with E-state index < -0.39 is 5.82 Å². The van der Waals surface area contributed by atoms with Crippen molar-refractivity contribution >= 4 is 5.78 Å². The molecule has 19 heavy (non-hydrogen) atoms. The van der Waals surface area contributed by atoms with Crippen LogP contribution in [0, 0.1) is 11.7 Å². The summed E-state index contributed by atoms with van der Waals surface area (Å²) in [7, 11) is 1.44. The number of Topliss-reactive ketones (excluding diaryl/α,β-unsaturated/α-hetero) is 1. The van der Waals surface area contributed by atoms with Crippen molar-refractivity contribution in [3.63, 3.8) is 0 Å². The van der Waals surface area contributed by atoms with Crippen molar-refractivity contribution in [1.29, 1.82) is 0 Å². The van der Waals surface area contributed by atoms with Crippen molar-refractivity contribution in [2.45, 2.75) is 44.9 Å². The third kappa shape index (κ3) is 4.05. The number of carbonyl (C=O) groups excluding carboxylic acids is 1.